The van der Waals surface area contributed by atoms with Gasteiger partial charge in [0, 0.05) is 22.8 Å². The van der Waals surface area contributed by atoms with E-state index in [0.717, 1.165) is 34.2 Å². The van der Waals surface area contributed by atoms with Crippen molar-refractivity contribution in [2.24, 2.45) is 0 Å². The Hall–Kier alpha value is -2.26. The molecular weight excluding hydrogens is 298 g/mol. The van der Waals surface area contributed by atoms with Crippen LogP contribution < -0.4 is 4.74 Å². The highest BCUT2D eigenvalue weighted by atomic mass is 35.5. The number of nitrogens with zero attached hydrogens (tertiary/aromatic N) is 1. The SMILES string of the molecule is CCOc1ccc(-c2cc3cc(C)ccn3c2C=O)c(Cl)c1. The Kier molecular flexibility index (Phi) is 3.90. The number of rotatable bonds is 4. The third kappa shape index (κ3) is 2.48. The predicted octanol–water partition coefficient (Wildman–Crippen LogP) is 4.78. The molecule has 0 amide bonds. The highest BCUT2D eigenvalue weighted by Crippen LogP contribution is 2.34. The molecule has 22 heavy (non-hydrogen) atoms. The molecule has 0 aliphatic heterocycles. The van der Waals surface area contributed by atoms with Crippen LogP contribution in [0.2, 0.25) is 5.02 Å². The molecule has 0 spiro atoms. The number of ether oxygens (including phenoxy) is 1. The summed E-state index contributed by atoms with van der Waals surface area (Å²) in [4.78, 5) is 11.6. The largest absolute Gasteiger partial charge is 0.494 e. The molecule has 0 fully saturated rings. The average molecular weight is 314 g/mol. The highest BCUT2D eigenvalue weighted by Gasteiger charge is 2.14. The van der Waals surface area contributed by atoms with E-state index in [2.05, 4.69) is 0 Å². The van der Waals surface area contributed by atoms with Gasteiger partial charge >= 0.3 is 0 Å². The fourth-order valence-electron chi connectivity index (χ4n) is 2.62. The van der Waals surface area contributed by atoms with Crippen molar-refractivity contribution in [1.82, 2.24) is 4.40 Å². The number of pyridine rings is 1. The van der Waals surface area contributed by atoms with Gasteiger partial charge in [-0.2, -0.15) is 0 Å². The number of fused-ring (bicyclic) bond motifs is 1. The quantitative estimate of drug-likeness (QED) is 0.649. The third-order valence-corrected chi connectivity index (χ3v) is 3.93. The number of carbonyl (C=O) groups is 1. The molecule has 0 bridgehead atoms. The zero-order valence-electron chi connectivity index (χ0n) is 12.5. The van der Waals surface area contributed by atoms with Crippen LogP contribution in [-0.4, -0.2) is 17.3 Å². The zero-order chi connectivity index (χ0) is 15.7. The minimum atomic E-state index is 0.571. The summed E-state index contributed by atoms with van der Waals surface area (Å²) >= 11 is 6.38. The Balaban J connectivity index is 2.19. The number of benzene rings is 1. The molecule has 0 unspecified atom stereocenters. The van der Waals surface area contributed by atoms with E-state index >= 15 is 0 Å². The van der Waals surface area contributed by atoms with E-state index in [1.165, 1.54) is 0 Å². The van der Waals surface area contributed by atoms with Crippen LogP contribution in [0.5, 0.6) is 5.75 Å². The topological polar surface area (TPSA) is 30.7 Å². The summed E-state index contributed by atoms with van der Waals surface area (Å²) in [7, 11) is 0. The van der Waals surface area contributed by atoms with Crippen LogP contribution >= 0.6 is 11.6 Å². The maximum atomic E-state index is 11.6. The van der Waals surface area contributed by atoms with E-state index in [1.807, 2.05) is 54.8 Å². The van der Waals surface area contributed by atoms with Gasteiger partial charge in [-0.05, 0) is 55.8 Å². The van der Waals surface area contributed by atoms with E-state index in [0.29, 0.717) is 17.3 Å². The maximum absolute atomic E-state index is 11.6. The van der Waals surface area contributed by atoms with Gasteiger partial charge in [-0.3, -0.25) is 4.79 Å². The van der Waals surface area contributed by atoms with Crippen LogP contribution in [0.1, 0.15) is 23.0 Å². The van der Waals surface area contributed by atoms with Gasteiger partial charge in [0.05, 0.1) is 17.3 Å². The molecule has 4 heteroatoms. The van der Waals surface area contributed by atoms with E-state index in [-0.39, 0.29) is 0 Å². The van der Waals surface area contributed by atoms with Crippen LogP contribution in [0.15, 0.2) is 42.6 Å². The van der Waals surface area contributed by atoms with Crippen molar-refractivity contribution >= 4 is 23.4 Å². The Morgan fingerprint density at radius 1 is 1.18 bits per heavy atom. The number of carbonyl (C=O) groups excluding carboxylic acids is 1. The maximum Gasteiger partial charge on any atom is 0.167 e. The number of aldehydes is 1. The summed E-state index contributed by atoms with van der Waals surface area (Å²) in [5.41, 5.74) is 4.37. The molecule has 3 aromatic rings. The number of aryl methyl sites for hydroxylation is 1. The van der Waals surface area contributed by atoms with Crippen LogP contribution in [0.25, 0.3) is 16.6 Å². The van der Waals surface area contributed by atoms with Crippen LogP contribution in [-0.2, 0) is 0 Å². The molecule has 3 nitrogen and oxygen atoms in total. The van der Waals surface area contributed by atoms with Crippen molar-refractivity contribution in [3.05, 3.63) is 58.9 Å². The molecule has 0 N–H and O–H groups in total. The summed E-state index contributed by atoms with van der Waals surface area (Å²) in [6.07, 6.45) is 2.77. The minimum absolute atomic E-state index is 0.571. The lowest BCUT2D eigenvalue weighted by Crippen LogP contribution is -1.94. The molecule has 2 heterocycles. The molecule has 0 saturated carbocycles. The van der Waals surface area contributed by atoms with E-state index in [4.69, 9.17) is 16.3 Å². The first-order valence-electron chi connectivity index (χ1n) is 7.13. The molecule has 0 atom stereocenters. The summed E-state index contributed by atoms with van der Waals surface area (Å²) in [5.74, 6) is 0.725. The molecule has 0 saturated heterocycles. The lowest BCUT2D eigenvalue weighted by atomic mass is 10.1. The van der Waals surface area contributed by atoms with Gasteiger partial charge in [0.2, 0.25) is 0 Å². The lowest BCUT2D eigenvalue weighted by molar-refractivity contribution is 0.111. The van der Waals surface area contributed by atoms with Gasteiger partial charge in [-0.15, -0.1) is 0 Å². The standard InChI is InChI=1S/C18H16ClNO2/c1-3-22-14-4-5-15(17(19)10-14)16-9-13-8-12(2)6-7-20(13)18(16)11-21/h4-11H,3H2,1-2H3. The third-order valence-electron chi connectivity index (χ3n) is 3.62. The second-order valence-electron chi connectivity index (χ2n) is 5.13. The Morgan fingerprint density at radius 2 is 2.00 bits per heavy atom. The summed E-state index contributed by atoms with van der Waals surface area (Å²) in [6, 6.07) is 11.5. The van der Waals surface area contributed by atoms with Crippen LogP contribution in [0.4, 0.5) is 0 Å². The van der Waals surface area contributed by atoms with Gasteiger partial charge < -0.3 is 9.14 Å². The fourth-order valence-corrected chi connectivity index (χ4v) is 2.89. The number of aromatic nitrogens is 1. The van der Waals surface area contributed by atoms with Crippen molar-refractivity contribution in [1.29, 1.82) is 0 Å². The van der Waals surface area contributed by atoms with Gasteiger partial charge in [0.25, 0.3) is 0 Å². The molecule has 3 rings (SSSR count). The van der Waals surface area contributed by atoms with Crippen LogP contribution in [0.3, 0.4) is 0 Å². The second-order valence-corrected chi connectivity index (χ2v) is 5.54. The summed E-state index contributed by atoms with van der Waals surface area (Å²) in [5, 5.41) is 0.571. The smallest absolute Gasteiger partial charge is 0.167 e. The Labute approximate surface area is 134 Å². The molecule has 0 aliphatic rings. The average Bonchev–Trinajstić information content (AvgIpc) is 2.84. The predicted molar refractivity (Wildman–Crippen MR) is 89.1 cm³/mol. The normalized spacial score (nSPS) is 10.9. The van der Waals surface area contributed by atoms with Crippen LogP contribution in [0, 0.1) is 6.92 Å². The highest BCUT2D eigenvalue weighted by molar-refractivity contribution is 6.33. The van der Waals surface area contributed by atoms with E-state index in [1.54, 1.807) is 6.07 Å². The van der Waals surface area contributed by atoms with Gasteiger partial charge in [-0.25, -0.2) is 0 Å². The first-order valence-corrected chi connectivity index (χ1v) is 7.51. The fraction of sp³-hybridized carbons (Fsp3) is 0.167. The Morgan fingerprint density at radius 3 is 2.68 bits per heavy atom. The van der Waals surface area contributed by atoms with Gasteiger partial charge in [-0.1, -0.05) is 11.6 Å². The number of hydrogen-bond acceptors (Lipinski definition) is 2. The monoisotopic (exact) mass is 313 g/mol. The molecular formula is C18H16ClNO2. The van der Waals surface area contributed by atoms with E-state index in [9.17, 15) is 4.79 Å². The van der Waals surface area contributed by atoms with Crippen molar-refractivity contribution in [3.8, 4) is 16.9 Å². The number of halogens is 1. The first kappa shape index (κ1) is 14.7. The minimum Gasteiger partial charge on any atom is -0.494 e. The van der Waals surface area contributed by atoms with Gasteiger partial charge in [0.15, 0.2) is 6.29 Å². The summed E-state index contributed by atoms with van der Waals surface area (Å²) in [6.45, 7) is 4.54. The Bertz CT molecular complexity index is 852. The number of hydrogen-bond donors (Lipinski definition) is 0. The molecule has 0 radical (unpaired) electrons. The van der Waals surface area contributed by atoms with Crippen molar-refractivity contribution in [3.63, 3.8) is 0 Å². The summed E-state index contributed by atoms with van der Waals surface area (Å²) < 4.78 is 7.33. The zero-order valence-corrected chi connectivity index (χ0v) is 13.2. The molecule has 0 aliphatic carbocycles. The first-order chi connectivity index (χ1) is 10.6. The molecule has 2 aromatic heterocycles. The van der Waals surface area contributed by atoms with Crippen molar-refractivity contribution in [2.75, 3.05) is 6.61 Å². The van der Waals surface area contributed by atoms with E-state index < -0.39 is 0 Å². The van der Waals surface area contributed by atoms with Crippen molar-refractivity contribution in [2.45, 2.75) is 13.8 Å². The molecule has 1 aromatic carbocycles. The molecule has 112 valence electrons. The lowest BCUT2D eigenvalue weighted by Gasteiger charge is -2.07. The van der Waals surface area contributed by atoms with Gasteiger partial charge in [0.1, 0.15) is 5.75 Å². The second kappa shape index (κ2) is 5.85. The van der Waals surface area contributed by atoms with Crippen molar-refractivity contribution < 1.29 is 9.53 Å².